The van der Waals surface area contributed by atoms with Crippen molar-refractivity contribution in [2.75, 3.05) is 0 Å². The predicted octanol–water partition coefficient (Wildman–Crippen LogP) is 3.74. The second-order valence-corrected chi connectivity index (χ2v) is 8.00. The fourth-order valence-electron chi connectivity index (χ4n) is 2.21. The van der Waals surface area contributed by atoms with Crippen molar-refractivity contribution in [3.8, 4) is 0 Å². The summed E-state index contributed by atoms with van der Waals surface area (Å²) in [6.07, 6.45) is -2.95. The van der Waals surface area contributed by atoms with Crippen molar-refractivity contribution in [1.29, 1.82) is 0 Å². The standard InChI is InChI=1S/C14H18F3NOS/c1-13(2,3)20(19)18-12-7-5-9-4-6-10(8-11(9)12)14(15,16)17/h4,6,8,12,18H,5,7H2,1-3H3/t12-,20-/m1/s1. The Bertz CT molecular complexity index is 534. The van der Waals surface area contributed by atoms with Gasteiger partial charge in [-0.05, 0) is 56.9 Å². The molecule has 2 nitrogen and oxygen atoms in total. The van der Waals surface area contributed by atoms with Gasteiger partial charge in [-0.2, -0.15) is 13.2 Å². The Morgan fingerprint density at radius 3 is 2.45 bits per heavy atom. The van der Waals surface area contributed by atoms with Crippen molar-refractivity contribution in [2.45, 2.75) is 50.6 Å². The minimum atomic E-state index is -4.34. The molecular formula is C14H18F3NOS. The Morgan fingerprint density at radius 1 is 1.25 bits per heavy atom. The summed E-state index contributed by atoms with van der Waals surface area (Å²) < 4.78 is 52.9. The summed E-state index contributed by atoms with van der Waals surface area (Å²) >= 11 is 0. The molecule has 0 aliphatic heterocycles. The number of hydrogen-bond donors (Lipinski definition) is 1. The second-order valence-electron chi connectivity index (χ2n) is 6.00. The molecule has 0 radical (unpaired) electrons. The third-order valence-electron chi connectivity index (χ3n) is 3.36. The van der Waals surface area contributed by atoms with E-state index < -0.39 is 27.5 Å². The number of aryl methyl sites for hydroxylation is 1. The molecule has 0 amide bonds. The molecule has 0 fully saturated rings. The average molecular weight is 305 g/mol. The van der Waals surface area contributed by atoms with Gasteiger partial charge in [0.1, 0.15) is 0 Å². The van der Waals surface area contributed by atoms with Crippen LogP contribution in [-0.2, 0) is 23.6 Å². The molecule has 0 spiro atoms. The van der Waals surface area contributed by atoms with Gasteiger partial charge in [-0.3, -0.25) is 0 Å². The van der Waals surface area contributed by atoms with Gasteiger partial charge in [0.05, 0.1) is 21.3 Å². The third-order valence-corrected chi connectivity index (χ3v) is 4.97. The summed E-state index contributed by atoms with van der Waals surface area (Å²) in [6, 6.07) is 3.55. The number of nitrogens with one attached hydrogen (secondary N) is 1. The molecule has 1 aliphatic rings. The van der Waals surface area contributed by atoms with Gasteiger partial charge in [0.25, 0.3) is 0 Å². The van der Waals surface area contributed by atoms with E-state index in [9.17, 15) is 17.4 Å². The zero-order chi connectivity index (χ0) is 15.1. The Labute approximate surface area is 119 Å². The molecule has 2 atom stereocenters. The number of alkyl halides is 3. The van der Waals surface area contributed by atoms with Gasteiger partial charge in [-0.15, -0.1) is 0 Å². The van der Waals surface area contributed by atoms with Crippen LogP contribution in [0, 0.1) is 0 Å². The van der Waals surface area contributed by atoms with E-state index in [0.717, 1.165) is 11.6 Å². The van der Waals surface area contributed by atoms with Crippen molar-refractivity contribution in [3.63, 3.8) is 0 Å². The Morgan fingerprint density at radius 2 is 1.90 bits per heavy atom. The highest BCUT2D eigenvalue weighted by Crippen LogP contribution is 2.37. The Balaban J connectivity index is 2.26. The van der Waals surface area contributed by atoms with Crippen LogP contribution in [-0.4, -0.2) is 8.96 Å². The predicted molar refractivity (Wildman–Crippen MR) is 73.5 cm³/mol. The molecule has 0 saturated heterocycles. The summed E-state index contributed by atoms with van der Waals surface area (Å²) in [5, 5.41) is 0. The maximum atomic E-state index is 12.8. The first kappa shape index (κ1) is 15.5. The molecule has 2 rings (SSSR count). The van der Waals surface area contributed by atoms with Crippen molar-refractivity contribution in [3.05, 3.63) is 34.9 Å². The Hall–Kier alpha value is -0.880. The fourth-order valence-corrected chi connectivity index (χ4v) is 3.06. The molecule has 112 valence electrons. The minimum absolute atomic E-state index is 0.271. The lowest BCUT2D eigenvalue weighted by atomic mass is 10.0. The molecule has 0 aromatic heterocycles. The van der Waals surface area contributed by atoms with E-state index in [4.69, 9.17) is 0 Å². The highest BCUT2D eigenvalue weighted by atomic mass is 32.2. The van der Waals surface area contributed by atoms with Crippen LogP contribution in [0.3, 0.4) is 0 Å². The molecule has 0 bridgehead atoms. The van der Waals surface area contributed by atoms with E-state index in [0.29, 0.717) is 18.4 Å². The molecular weight excluding hydrogens is 287 g/mol. The van der Waals surface area contributed by atoms with Crippen LogP contribution in [0.15, 0.2) is 18.2 Å². The molecule has 1 aromatic carbocycles. The summed E-state index contributed by atoms with van der Waals surface area (Å²) in [5.74, 6) is 0. The maximum absolute atomic E-state index is 12.8. The fraction of sp³-hybridized carbons (Fsp3) is 0.571. The van der Waals surface area contributed by atoms with Crippen molar-refractivity contribution in [2.24, 2.45) is 0 Å². The maximum Gasteiger partial charge on any atom is 0.416 e. The number of benzene rings is 1. The molecule has 0 saturated carbocycles. The van der Waals surface area contributed by atoms with Crippen molar-refractivity contribution >= 4 is 11.0 Å². The van der Waals surface area contributed by atoms with E-state index in [1.807, 2.05) is 20.8 Å². The SMILES string of the molecule is CC(C)(C)[S@@](=O)N[C@@H]1CCc2ccc(C(F)(F)F)cc21. The van der Waals surface area contributed by atoms with Crippen molar-refractivity contribution in [1.82, 2.24) is 4.72 Å². The average Bonchev–Trinajstić information content (AvgIpc) is 2.69. The first-order valence-corrected chi connectivity index (χ1v) is 7.62. The van der Waals surface area contributed by atoms with Gasteiger partial charge in [0.2, 0.25) is 0 Å². The number of halogens is 3. The van der Waals surface area contributed by atoms with Gasteiger partial charge in [0, 0.05) is 6.04 Å². The van der Waals surface area contributed by atoms with Gasteiger partial charge in [-0.1, -0.05) is 6.07 Å². The minimum Gasteiger partial charge on any atom is -0.242 e. The molecule has 20 heavy (non-hydrogen) atoms. The summed E-state index contributed by atoms with van der Waals surface area (Å²) in [7, 11) is -1.29. The lowest BCUT2D eigenvalue weighted by Gasteiger charge is -2.22. The van der Waals surface area contributed by atoms with E-state index in [-0.39, 0.29) is 6.04 Å². The largest absolute Gasteiger partial charge is 0.416 e. The summed E-state index contributed by atoms with van der Waals surface area (Å²) in [5.41, 5.74) is 0.880. The molecule has 1 aliphatic carbocycles. The smallest absolute Gasteiger partial charge is 0.242 e. The van der Waals surface area contributed by atoms with Gasteiger partial charge < -0.3 is 0 Å². The third kappa shape index (κ3) is 3.23. The second kappa shape index (κ2) is 5.15. The van der Waals surface area contributed by atoms with Gasteiger partial charge in [-0.25, -0.2) is 8.93 Å². The number of hydrogen-bond acceptors (Lipinski definition) is 1. The highest BCUT2D eigenvalue weighted by molar-refractivity contribution is 7.84. The lowest BCUT2D eigenvalue weighted by molar-refractivity contribution is -0.137. The van der Waals surface area contributed by atoms with E-state index >= 15 is 0 Å². The van der Waals surface area contributed by atoms with E-state index in [1.165, 1.54) is 12.1 Å². The topological polar surface area (TPSA) is 29.1 Å². The molecule has 1 N–H and O–H groups in total. The first-order valence-electron chi connectivity index (χ1n) is 6.47. The zero-order valence-electron chi connectivity index (χ0n) is 11.7. The Kier molecular flexibility index (Phi) is 3.99. The van der Waals surface area contributed by atoms with E-state index in [2.05, 4.69) is 4.72 Å². The normalized spacial score (nSPS) is 20.8. The zero-order valence-corrected chi connectivity index (χ0v) is 12.5. The van der Waals surface area contributed by atoms with Crippen LogP contribution in [0.4, 0.5) is 13.2 Å². The van der Waals surface area contributed by atoms with Gasteiger partial charge >= 0.3 is 6.18 Å². The number of fused-ring (bicyclic) bond motifs is 1. The molecule has 6 heteroatoms. The molecule has 0 unspecified atom stereocenters. The van der Waals surface area contributed by atoms with Crippen LogP contribution < -0.4 is 4.72 Å². The monoisotopic (exact) mass is 305 g/mol. The van der Waals surface area contributed by atoms with E-state index in [1.54, 1.807) is 0 Å². The molecule has 0 heterocycles. The summed E-state index contributed by atoms with van der Waals surface area (Å²) in [6.45, 7) is 5.49. The summed E-state index contributed by atoms with van der Waals surface area (Å²) in [4.78, 5) is 0. The van der Waals surface area contributed by atoms with Crippen LogP contribution in [0.5, 0.6) is 0 Å². The first-order chi connectivity index (χ1) is 9.09. The van der Waals surface area contributed by atoms with Crippen LogP contribution in [0.1, 0.15) is 49.9 Å². The lowest BCUT2D eigenvalue weighted by Crippen LogP contribution is -2.35. The van der Waals surface area contributed by atoms with Gasteiger partial charge in [0.15, 0.2) is 0 Å². The highest BCUT2D eigenvalue weighted by Gasteiger charge is 2.34. The van der Waals surface area contributed by atoms with Crippen LogP contribution in [0.25, 0.3) is 0 Å². The van der Waals surface area contributed by atoms with Crippen LogP contribution in [0.2, 0.25) is 0 Å². The van der Waals surface area contributed by atoms with Crippen LogP contribution >= 0.6 is 0 Å². The molecule has 1 aromatic rings. The quantitative estimate of drug-likeness (QED) is 0.886. The van der Waals surface area contributed by atoms with Crippen molar-refractivity contribution < 1.29 is 17.4 Å². The number of rotatable bonds is 2.